The molecule has 2 aliphatic carbocycles. The molecule has 0 amide bonds. The molecule has 4 aromatic rings. The molecule has 0 unspecified atom stereocenters. The number of nitrogens with zero attached hydrogens (tertiary/aromatic N) is 5. The largest absolute Gasteiger partial charge is 0.445 e. The number of pyridine rings is 1. The van der Waals surface area contributed by atoms with Crippen LogP contribution in [-0.4, -0.2) is 25.0 Å². The minimum atomic E-state index is -4.56. The van der Waals surface area contributed by atoms with Crippen molar-refractivity contribution in [3.05, 3.63) is 92.2 Å². The molecule has 0 N–H and O–H groups in total. The van der Waals surface area contributed by atoms with Crippen LogP contribution in [0.4, 0.5) is 17.6 Å². The lowest BCUT2D eigenvalue weighted by molar-refractivity contribution is -0.138. The fraction of sp³-hybridized carbons (Fsp3) is 0.414. The Bertz CT molecular complexity index is 1500. The third-order valence-corrected chi connectivity index (χ3v) is 8.27. The molecule has 3 heterocycles. The average Bonchev–Trinajstić information content (AvgIpc) is 3.65. The Morgan fingerprint density at radius 2 is 1.73 bits per heavy atom. The van der Waals surface area contributed by atoms with Crippen molar-refractivity contribution in [2.24, 2.45) is 0 Å². The molecule has 0 bridgehead atoms. The molecule has 1 aromatic carbocycles. The molecule has 40 heavy (non-hydrogen) atoms. The molecule has 0 aliphatic heterocycles. The van der Waals surface area contributed by atoms with Gasteiger partial charge in [0, 0.05) is 12.3 Å². The van der Waals surface area contributed by atoms with E-state index in [2.05, 4.69) is 20.3 Å². The van der Waals surface area contributed by atoms with E-state index in [4.69, 9.17) is 0 Å². The van der Waals surface area contributed by atoms with E-state index in [1.807, 2.05) is 25.1 Å². The maximum Gasteiger partial charge on any atom is 0.445 e. The summed E-state index contributed by atoms with van der Waals surface area (Å²) >= 11 is 0.391. The van der Waals surface area contributed by atoms with Crippen molar-refractivity contribution in [1.29, 1.82) is 0 Å². The number of aryl methyl sites for hydroxylation is 1. The second-order valence-electron chi connectivity index (χ2n) is 10.2. The van der Waals surface area contributed by atoms with Gasteiger partial charge in [-0.05, 0) is 79.3 Å². The molecule has 6 nitrogen and oxygen atoms in total. The Morgan fingerprint density at radius 3 is 2.40 bits per heavy atom. The first-order valence-corrected chi connectivity index (χ1v) is 14.2. The second kappa shape index (κ2) is 12.0. The number of hydrogen-bond acceptors (Lipinski definition) is 6. The zero-order valence-electron chi connectivity index (χ0n) is 22.0. The lowest BCUT2D eigenvalue weighted by Gasteiger charge is -2.23. The van der Waals surface area contributed by atoms with Crippen LogP contribution >= 0.6 is 11.3 Å². The summed E-state index contributed by atoms with van der Waals surface area (Å²) in [6, 6.07) is 11.9. The maximum atomic E-state index is 13.6. The summed E-state index contributed by atoms with van der Waals surface area (Å²) in [6.07, 6.45) is 5.45. The molecule has 2 fully saturated rings. The van der Waals surface area contributed by atoms with E-state index in [0.29, 0.717) is 23.2 Å². The minimum Gasteiger partial charge on any atom is -0.268 e. The van der Waals surface area contributed by atoms with Crippen molar-refractivity contribution in [3.8, 4) is 10.7 Å². The normalized spacial score (nSPS) is 15.9. The fourth-order valence-corrected chi connectivity index (χ4v) is 5.84. The van der Waals surface area contributed by atoms with Gasteiger partial charge in [-0.15, -0.1) is 10.2 Å². The van der Waals surface area contributed by atoms with Crippen LogP contribution in [0.2, 0.25) is 0 Å². The van der Waals surface area contributed by atoms with Gasteiger partial charge in [0.15, 0.2) is 5.01 Å². The summed E-state index contributed by atoms with van der Waals surface area (Å²) in [5, 5.41) is 9.81. The standard InChI is InChI=1S/C16H12F3N5OS.C13H17F/c17-16(18,19)15-22-21-14(26-15)11-5-6-13(25)24(23-11)8-12-10(9-3-4-9)2-1-7-20-12;1-10-6-5-9-12(14)13(10)11-7-3-2-4-8-11/h1-2,5-7,9H,3-4,8H2;5-6,9,11H,2-4,7-8H2,1H3. The highest BCUT2D eigenvalue weighted by atomic mass is 32.1. The monoisotopic (exact) mass is 571 g/mol. The molecular formula is C29H29F4N5OS. The van der Waals surface area contributed by atoms with Crippen LogP contribution in [0.15, 0.2) is 53.5 Å². The highest BCUT2D eigenvalue weighted by molar-refractivity contribution is 7.14. The van der Waals surface area contributed by atoms with E-state index in [9.17, 15) is 22.4 Å². The first-order valence-electron chi connectivity index (χ1n) is 13.4. The van der Waals surface area contributed by atoms with Gasteiger partial charge in [-0.25, -0.2) is 9.07 Å². The molecule has 11 heteroatoms. The van der Waals surface area contributed by atoms with Crippen molar-refractivity contribution < 1.29 is 17.6 Å². The van der Waals surface area contributed by atoms with Crippen LogP contribution in [0.3, 0.4) is 0 Å². The topological polar surface area (TPSA) is 73.6 Å². The van der Waals surface area contributed by atoms with Gasteiger partial charge in [0.1, 0.15) is 11.5 Å². The molecule has 0 saturated heterocycles. The van der Waals surface area contributed by atoms with E-state index in [1.54, 1.807) is 18.3 Å². The molecule has 0 radical (unpaired) electrons. The van der Waals surface area contributed by atoms with Crippen LogP contribution in [0, 0.1) is 12.7 Å². The smallest absolute Gasteiger partial charge is 0.268 e. The maximum absolute atomic E-state index is 13.6. The lowest BCUT2D eigenvalue weighted by atomic mass is 9.82. The van der Waals surface area contributed by atoms with Crippen molar-refractivity contribution in [3.63, 3.8) is 0 Å². The number of alkyl halides is 3. The van der Waals surface area contributed by atoms with Crippen LogP contribution < -0.4 is 5.56 Å². The highest BCUT2D eigenvalue weighted by Gasteiger charge is 2.36. The first-order chi connectivity index (χ1) is 19.2. The number of benzene rings is 1. The molecule has 2 aliphatic rings. The highest BCUT2D eigenvalue weighted by Crippen LogP contribution is 2.41. The van der Waals surface area contributed by atoms with E-state index in [1.165, 1.54) is 48.9 Å². The van der Waals surface area contributed by atoms with Crippen LogP contribution in [0.5, 0.6) is 0 Å². The van der Waals surface area contributed by atoms with E-state index >= 15 is 0 Å². The Labute approximate surface area is 233 Å². The van der Waals surface area contributed by atoms with Gasteiger partial charge in [0.05, 0.1) is 12.2 Å². The molecule has 0 spiro atoms. The van der Waals surface area contributed by atoms with Gasteiger partial charge in [0.25, 0.3) is 5.56 Å². The summed E-state index contributed by atoms with van der Waals surface area (Å²) in [7, 11) is 0. The molecule has 0 atom stereocenters. The summed E-state index contributed by atoms with van der Waals surface area (Å²) in [6.45, 7) is 2.18. The number of hydrogen-bond donors (Lipinski definition) is 0. The lowest BCUT2D eigenvalue weighted by Crippen LogP contribution is -2.23. The third kappa shape index (κ3) is 6.63. The molecular weight excluding hydrogens is 542 g/mol. The SMILES string of the molecule is Cc1cccc(F)c1C1CCCCC1.O=c1ccc(-c2nnc(C(F)(F)F)s2)nn1Cc1ncccc1C1CC1. The molecule has 3 aromatic heterocycles. The van der Waals surface area contributed by atoms with Crippen LogP contribution in [0.1, 0.15) is 84.2 Å². The molecule has 6 rings (SSSR count). The number of rotatable bonds is 5. The second-order valence-corrected chi connectivity index (χ2v) is 11.2. The van der Waals surface area contributed by atoms with Crippen molar-refractivity contribution in [2.75, 3.05) is 0 Å². The Morgan fingerprint density at radius 1 is 0.950 bits per heavy atom. The van der Waals surface area contributed by atoms with Gasteiger partial charge in [-0.2, -0.15) is 18.3 Å². The van der Waals surface area contributed by atoms with Gasteiger partial charge in [-0.1, -0.05) is 48.8 Å². The minimum absolute atomic E-state index is 0.00287. The summed E-state index contributed by atoms with van der Waals surface area (Å²) in [5.41, 5.74) is 3.74. The van der Waals surface area contributed by atoms with Crippen molar-refractivity contribution in [2.45, 2.75) is 76.4 Å². The Kier molecular flexibility index (Phi) is 8.39. The van der Waals surface area contributed by atoms with Crippen molar-refractivity contribution >= 4 is 11.3 Å². The average molecular weight is 572 g/mol. The zero-order chi connectivity index (χ0) is 28.3. The number of aromatic nitrogens is 5. The zero-order valence-corrected chi connectivity index (χ0v) is 22.8. The Hall–Kier alpha value is -3.47. The Balaban J connectivity index is 0.000000194. The van der Waals surface area contributed by atoms with Crippen molar-refractivity contribution in [1.82, 2.24) is 25.0 Å². The van der Waals surface area contributed by atoms with E-state index in [-0.39, 0.29) is 28.6 Å². The van der Waals surface area contributed by atoms with Crippen LogP contribution in [-0.2, 0) is 12.7 Å². The van der Waals surface area contributed by atoms with Gasteiger partial charge in [-0.3, -0.25) is 9.78 Å². The predicted molar refractivity (Wildman–Crippen MR) is 145 cm³/mol. The first kappa shape index (κ1) is 28.1. The van der Waals surface area contributed by atoms with Gasteiger partial charge in [0.2, 0.25) is 5.01 Å². The number of halogens is 4. The third-order valence-electron chi connectivity index (χ3n) is 7.28. The molecule has 210 valence electrons. The fourth-order valence-electron chi connectivity index (χ4n) is 5.16. The van der Waals surface area contributed by atoms with E-state index < -0.39 is 11.2 Å². The quantitative estimate of drug-likeness (QED) is 0.235. The summed E-state index contributed by atoms with van der Waals surface area (Å²) in [4.78, 5) is 16.5. The molecule has 2 saturated carbocycles. The summed E-state index contributed by atoms with van der Waals surface area (Å²) in [5.74, 6) is 0.928. The predicted octanol–water partition coefficient (Wildman–Crippen LogP) is 7.28. The van der Waals surface area contributed by atoms with Gasteiger partial charge < -0.3 is 0 Å². The van der Waals surface area contributed by atoms with Crippen LogP contribution in [0.25, 0.3) is 10.7 Å². The van der Waals surface area contributed by atoms with Gasteiger partial charge >= 0.3 is 6.18 Å². The summed E-state index contributed by atoms with van der Waals surface area (Å²) < 4.78 is 52.9. The van der Waals surface area contributed by atoms with E-state index in [0.717, 1.165) is 35.2 Å².